The van der Waals surface area contributed by atoms with Gasteiger partial charge in [-0.15, -0.1) is 0 Å². The van der Waals surface area contributed by atoms with Gasteiger partial charge < -0.3 is 10.6 Å². The van der Waals surface area contributed by atoms with Crippen LogP contribution in [0.3, 0.4) is 0 Å². The van der Waals surface area contributed by atoms with Crippen LogP contribution in [0.2, 0.25) is 5.02 Å². The molecule has 0 radical (unpaired) electrons. The Morgan fingerprint density at radius 3 is 2.81 bits per heavy atom. The molecule has 108 valence electrons. The average molecular weight is 302 g/mol. The van der Waals surface area contributed by atoms with E-state index in [2.05, 4.69) is 4.98 Å². The number of aromatic nitrogens is 1. The van der Waals surface area contributed by atoms with E-state index in [0.717, 1.165) is 24.9 Å². The van der Waals surface area contributed by atoms with E-state index in [1.807, 2.05) is 29.2 Å². The molecule has 3 rings (SSSR count). The quantitative estimate of drug-likeness (QED) is 0.926. The third-order valence-electron chi connectivity index (χ3n) is 3.78. The van der Waals surface area contributed by atoms with E-state index in [9.17, 15) is 4.79 Å². The van der Waals surface area contributed by atoms with Crippen LogP contribution in [0.4, 0.5) is 5.69 Å². The molecule has 1 fully saturated rings. The zero-order valence-electron chi connectivity index (χ0n) is 11.5. The van der Waals surface area contributed by atoms with Crippen LogP contribution in [-0.4, -0.2) is 22.3 Å². The lowest BCUT2D eigenvalue weighted by molar-refractivity contribution is 0.0730. The molecule has 1 aliphatic heterocycles. The van der Waals surface area contributed by atoms with Crippen molar-refractivity contribution in [3.05, 3.63) is 58.9 Å². The largest absolute Gasteiger partial charge is 0.397 e. The second-order valence-electron chi connectivity index (χ2n) is 5.15. The Morgan fingerprint density at radius 1 is 1.29 bits per heavy atom. The SMILES string of the molecule is Nc1ccc(C(=O)N2CCCC2c2ccccc2Cl)nc1. The molecule has 1 aliphatic rings. The Morgan fingerprint density at radius 2 is 2.10 bits per heavy atom. The Kier molecular flexibility index (Phi) is 3.80. The fourth-order valence-corrected chi connectivity index (χ4v) is 3.02. The van der Waals surface area contributed by atoms with Crippen molar-refractivity contribution >= 4 is 23.2 Å². The molecular formula is C16H16ClN3O. The number of halogens is 1. The molecule has 1 saturated heterocycles. The van der Waals surface area contributed by atoms with Crippen molar-refractivity contribution in [3.8, 4) is 0 Å². The van der Waals surface area contributed by atoms with Crippen molar-refractivity contribution in [2.45, 2.75) is 18.9 Å². The van der Waals surface area contributed by atoms with Gasteiger partial charge in [-0.1, -0.05) is 29.8 Å². The van der Waals surface area contributed by atoms with Gasteiger partial charge in [0.05, 0.1) is 17.9 Å². The van der Waals surface area contributed by atoms with E-state index in [-0.39, 0.29) is 11.9 Å². The van der Waals surface area contributed by atoms with Crippen molar-refractivity contribution in [2.75, 3.05) is 12.3 Å². The highest BCUT2D eigenvalue weighted by atomic mass is 35.5. The number of rotatable bonds is 2. The number of anilines is 1. The van der Waals surface area contributed by atoms with Gasteiger partial charge in [-0.2, -0.15) is 0 Å². The molecule has 0 bridgehead atoms. The number of carbonyl (C=O) groups excluding carboxylic acids is 1. The third-order valence-corrected chi connectivity index (χ3v) is 4.13. The van der Waals surface area contributed by atoms with Gasteiger partial charge in [0, 0.05) is 11.6 Å². The van der Waals surface area contributed by atoms with Gasteiger partial charge in [-0.3, -0.25) is 4.79 Å². The highest BCUT2D eigenvalue weighted by Gasteiger charge is 2.32. The molecule has 0 saturated carbocycles. The first-order chi connectivity index (χ1) is 10.2. The van der Waals surface area contributed by atoms with Crippen LogP contribution in [0, 0.1) is 0 Å². The third kappa shape index (κ3) is 2.72. The zero-order valence-corrected chi connectivity index (χ0v) is 12.3. The maximum absolute atomic E-state index is 12.6. The topological polar surface area (TPSA) is 59.2 Å². The van der Waals surface area contributed by atoms with E-state index < -0.39 is 0 Å². The van der Waals surface area contributed by atoms with Crippen molar-refractivity contribution in [2.24, 2.45) is 0 Å². The highest BCUT2D eigenvalue weighted by molar-refractivity contribution is 6.31. The number of nitrogens with zero attached hydrogens (tertiary/aromatic N) is 2. The summed E-state index contributed by atoms with van der Waals surface area (Å²) in [5.41, 5.74) is 7.59. The molecule has 2 aromatic rings. The van der Waals surface area contributed by atoms with Crippen LogP contribution in [0.25, 0.3) is 0 Å². The Labute approximate surface area is 128 Å². The lowest BCUT2D eigenvalue weighted by Crippen LogP contribution is -2.31. The van der Waals surface area contributed by atoms with Crippen molar-refractivity contribution in [1.82, 2.24) is 9.88 Å². The predicted molar refractivity (Wildman–Crippen MR) is 83.1 cm³/mol. The molecular weight excluding hydrogens is 286 g/mol. The molecule has 4 nitrogen and oxygen atoms in total. The maximum atomic E-state index is 12.6. The van der Waals surface area contributed by atoms with Crippen molar-refractivity contribution in [1.29, 1.82) is 0 Å². The summed E-state index contributed by atoms with van der Waals surface area (Å²) < 4.78 is 0. The lowest BCUT2D eigenvalue weighted by atomic mass is 10.0. The van der Waals surface area contributed by atoms with E-state index in [4.69, 9.17) is 17.3 Å². The molecule has 2 N–H and O–H groups in total. The molecule has 0 spiro atoms. The first kappa shape index (κ1) is 13.9. The fraction of sp³-hybridized carbons (Fsp3) is 0.250. The van der Waals surface area contributed by atoms with Crippen molar-refractivity contribution < 1.29 is 4.79 Å². The van der Waals surface area contributed by atoms with Crippen LogP contribution in [0.1, 0.15) is 34.9 Å². The summed E-state index contributed by atoms with van der Waals surface area (Å²) in [5.74, 6) is -0.0718. The van der Waals surface area contributed by atoms with E-state index in [1.54, 1.807) is 12.1 Å². The van der Waals surface area contributed by atoms with Crippen LogP contribution < -0.4 is 5.73 Å². The van der Waals surface area contributed by atoms with Gasteiger partial charge in [-0.05, 0) is 36.6 Å². The predicted octanol–water partition coefficient (Wildman–Crippen LogP) is 3.29. The highest BCUT2D eigenvalue weighted by Crippen LogP contribution is 2.36. The summed E-state index contributed by atoms with van der Waals surface area (Å²) >= 11 is 6.27. The standard InChI is InChI=1S/C16H16ClN3O/c17-13-5-2-1-4-12(13)15-6-3-9-20(15)16(21)14-8-7-11(18)10-19-14/h1-2,4-5,7-8,10,15H,3,6,9,18H2. The van der Waals surface area contributed by atoms with Gasteiger partial charge in [0.15, 0.2) is 0 Å². The number of likely N-dealkylation sites (tertiary alicyclic amines) is 1. The smallest absolute Gasteiger partial charge is 0.272 e. The van der Waals surface area contributed by atoms with Gasteiger partial charge in [0.25, 0.3) is 5.91 Å². The van der Waals surface area contributed by atoms with Crippen LogP contribution in [0.5, 0.6) is 0 Å². The summed E-state index contributed by atoms with van der Waals surface area (Å²) in [6.45, 7) is 0.723. The molecule has 5 heteroatoms. The minimum atomic E-state index is -0.0718. The second-order valence-corrected chi connectivity index (χ2v) is 5.56. The number of benzene rings is 1. The maximum Gasteiger partial charge on any atom is 0.272 e. The van der Waals surface area contributed by atoms with Gasteiger partial charge in [-0.25, -0.2) is 4.98 Å². The summed E-state index contributed by atoms with van der Waals surface area (Å²) in [5, 5.41) is 0.701. The number of carbonyl (C=O) groups is 1. The summed E-state index contributed by atoms with van der Waals surface area (Å²) in [7, 11) is 0. The number of amides is 1. The number of hydrogen-bond donors (Lipinski definition) is 1. The number of pyridine rings is 1. The van der Waals surface area contributed by atoms with Crippen molar-refractivity contribution in [3.63, 3.8) is 0 Å². The molecule has 1 atom stereocenters. The molecule has 2 heterocycles. The van der Waals surface area contributed by atoms with E-state index in [0.29, 0.717) is 16.4 Å². The molecule has 21 heavy (non-hydrogen) atoms. The van der Waals surface area contributed by atoms with E-state index in [1.165, 1.54) is 6.20 Å². The zero-order chi connectivity index (χ0) is 14.8. The van der Waals surface area contributed by atoms with Crippen LogP contribution in [0.15, 0.2) is 42.6 Å². The summed E-state index contributed by atoms with van der Waals surface area (Å²) in [6, 6.07) is 11.1. The first-order valence-electron chi connectivity index (χ1n) is 6.94. The molecule has 1 unspecified atom stereocenters. The number of nitrogen functional groups attached to an aromatic ring is 1. The first-order valence-corrected chi connectivity index (χ1v) is 7.31. The number of hydrogen-bond acceptors (Lipinski definition) is 3. The van der Waals surface area contributed by atoms with Gasteiger partial charge in [0.1, 0.15) is 5.69 Å². The Balaban J connectivity index is 1.89. The monoisotopic (exact) mass is 301 g/mol. The second kappa shape index (κ2) is 5.74. The van der Waals surface area contributed by atoms with E-state index >= 15 is 0 Å². The fourth-order valence-electron chi connectivity index (χ4n) is 2.76. The minimum Gasteiger partial charge on any atom is -0.397 e. The Hall–Kier alpha value is -2.07. The van der Waals surface area contributed by atoms with Crippen LogP contribution >= 0.6 is 11.6 Å². The minimum absolute atomic E-state index is 0.0190. The average Bonchev–Trinajstić information content (AvgIpc) is 2.97. The summed E-state index contributed by atoms with van der Waals surface area (Å²) in [6.07, 6.45) is 3.40. The van der Waals surface area contributed by atoms with Gasteiger partial charge >= 0.3 is 0 Å². The molecule has 1 amide bonds. The molecule has 1 aromatic carbocycles. The Bertz CT molecular complexity index is 657. The lowest BCUT2D eigenvalue weighted by Gasteiger charge is -2.25. The normalized spacial score (nSPS) is 18.0. The molecule has 1 aromatic heterocycles. The summed E-state index contributed by atoms with van der Waals surface area (Å²) in [4.78, 5) is 18.6. The van der Waals surface area contributed by atoms with Gasteiger partial charge in [0.2, 0.25) is 0 Å². The number of nitrogens with two attached hydrogens (primary N) is 1. The molecule has 0 aliphatic carbocycles. The van der Waals surface area contributed by atoms with Crippen LogP contribution in [-0.2, 0) is 0 Å².